The van der Waals surface area contributed by atoms with Crippen molar-refractivity contribution >= 4 is 45.5 Å². The average Bonchev–Trinajstić information content (AvgIpc) is 2.59. The summed E-state index contributed by atoms with van der Waals surface area (Å²) in [6.07, 6.45) is 4.99. The molecule has 0 unspecified atom stereocenters. The van der Waals surface area contributed by atoms with Gasteiger partial charge in [0, 0.05) is 21.0 Å². The van der Waals surface area contributed by atoms with Crippen LogP contribution in [0.15, 0.2) is 64.0 Å². The van der Waals surface area contributed by atoms with Crippen LogP contribution in [0.25, 0.3) is 6.08 Å². The normalized spacial score (nSPS) is 10.7. The molecule has 0 heterocycles. The lowest BCUT2D eigenvalue weighted by Gasteiger charge is -2.02. The summed E-state index contributed by atoms with van der Waals surface area (Å²) < 4.78 is 5.85. The topological polar surface area (TPSA) is 43.4 Å². The van der Waals surface area contributed by atoms with Crippen LogP contribution >= 0.6 is 27.7 Å². The standard InChI is InChI=1S/C18H15BrO3S/c1-23-16-9-2-13(3-10-16)4-11-18(21)22-12-17(20)14-5-7-15(19)8-6-14/h2-11H,12H2,1H3. The Kier molecular flexibility index (Phi) is 6.62. The first-order chi connectivity index (χ1) is 11.1. The Bertz CT molecular complexity index is 706. The quantitative estimate of drug-likeness (QED) is 0.312. The first-order valence-electron chi connectivity index (χ1n) is 6.86. The molecule has 118 valence electrons. The number of benzene rings is 2. The molecule has 3 nitrogen and oxygen atoms in total. The van der Waals surface area contributed by atoms with Gasteiger partial charge < -0.3 is 4.74 Å². The first-order valence-corrected chi connectivity index (χ1v) is 8.88. The third-order valence-electron chi connectivity index (χ3n) is 3.04. The predicted molar refractivity (Wildman–Crippen MR) is 96.7 cm³/mol. The van der Waals surface area contributed by atoms with Gasteiger partial charge in [-0.2, -0.15) is 0 Å². The van der Waals surface area contributed by atoms with Crippen LogP contribution in [0.3, 0.4) is 0 Å². The molecule has 0 saturated heterocycles. The van der Waals surface area contributed by atoms with E-state index in [0.717, 1.165) is 14.9 Å². The van der Waals surface area contributed by atoms with Crippen molar-refractivity contribution in [3.8, 4) is 0 Å². The smallest absolute Gasteiger partial charge is 0.331 e. The fourth-order valence-corrected chi connectivity index (χ4v) is 2.46. The van der Waals surface area contributed by atoms with Gasteiger partial charge in [-0.1, -0.05) is 40.2 Å². The predicted octanol–water partition coefficient (Wildman–Crippen LogP) is 4.61. The first kappa shape index (κ1) is 17.5. The molecule has 0 aliphatic heterocycles. The number of carbonyl (C=O) groups excluding carboxylic acids is 2. The molecule has 2 rings (SSSR count). The molecule has 0 aromatic heterocycles. The van der Waals surface area contributed by atoms with Gasteiger partial charge in [0.25, 0.3) is 0 Å². The van der Waals surface area contributed by atoms with Crippen LogP contribution in [-0.2, 0) is 9.53 Å². The summed E-state index contributed by atoms with van der Waals surface area (Å²) in [5.41, 5.74) is 1.41. The molecule has 0 atom stereocenters. The minimum Gasteiger partial charge on any atom is -0.454 e. The van der Waals surface area contributed by atoms with Crippen molar-refractivity contribution in [3.05, 3.63) is 70.2 Å². The van der Waals surface area contributed by atoms with Gasteiger partial charge in [-0.25, -0.2) is 4.79 Å². The van der Waals surface area contributed by atoms with E-state index >= 15 is 0 Å². The van der Waals surface area contributed by atoms with Crippen molar-refractivity contribution in [2.24, 2.45) is 0 Å². The van der Waals surface area contributed by atoms with E-state index in [1.54, 1.807) is 42.1 Å². The van der Waals surface area contributed by atoms with Crippen molar-refractivity contribution in [3.63, 3.8) is 0 Å². The number of halogens is 1. The van der Waals surface area contributed by atoms with Crippen LogP contribution < -0.4 is 0 Å². The fourth-order valence-electron chi connectivity index (χ4n) is 1.78. The highest BCUT2D eigenvalue weighted by Gasteiger charge is 2.08. The van der Waals surface area contributed by atoms with Crippen molar-refractivity contribution in [1.29, 1.82) is 0 Å². The summed E-state index contributed by atoms with van der Waals surface area (Å²) in [4.78, 5) is 24.7. The number of hydrogen-bond acceptors (Lipinski definition) is 4. The molecule has 23 heavy (non-hydrogen) atoms. The molecule has 0 radical (unpaired) electrons. The third-order valence-corrected chi connectivity index (χ3v) is 4.31. The van der Waals surface area contributed by atoms with E-state index in [-0.39, 0.29) is 12.4 Å². The minimum atomic E-state index is -0.538. The van der Waals surface area contributed by atoms with Crippen LogP contribution in [0.4, 0.5) is 0 Å². The molecule has 0 spiro atoms. The maximum Gasteiger partial charge on any atom is 0.331 e. The summed E-state index contributed by atoms with van der Waals surface area (Å²) in [6, 6.07) is 14.7. The second-order valence-corrected chi connectivity index (χ2v) is 6.44. The molecular weight excluding hydrogens is 376 g/mol. The number of rotatable bonds is 6. The van der Waals surface area contributed by atoms with Crippen LogP contribution in [0, 0.1) is 0 Å². The third kappa shape index (κ3) is 5.69. The van der Waals surface area contributed by atoms with E-state index in [0.29, 0.717) is 5.56 Å². The molecule has 0 amide bonds. The van der Waals surface area contributed by atoms with E-state index < -0.39 is 5.97 Å². The highest BCUT2D eigenvalue weighted by molar-refractivity contribution is 9.10. The summed E-state index contributed by atoms with van der Waals surface area (Å²) in [5.74, 6) is -0.770. The molecule has 2 aromatic rings. The lowest BCUT2D eigenvalue weighted by Crippen LogP contribution is -2.12. The summed E-state index contributed by atoms with van der Waals surface area (Å²) in [7, 11) is 0. The summed E-state index contributed by atoms with van der Waals surface area (Å²) >= 11 is 4.96. The van der Waals surface area contributed by atoms with Gasteiger partial charge in [0.1, 0.15) is 0 Å². The zero-order valence-corrected chi connectivity index (χ0v) is 14.9. The number of thioether (sulfide) groups is 1. The minimum absolute atomic E-state index is 0.233. The molecule has 0 bridgehead atoms. The van der Waals surface area contributed by atoms with E-state index in [1.165, 1.54) is 6.08 Å². The maximum atomic E-state index is 11.9. The number of ether oxygens (including phenoxy) is 1. The summed E-state index contributed by atoms with van der Waals surface area (Å²) in [5, 5.41) is 0. The number of hydrogen-bond donors (Lipinski definition) is 0. The van der Waals surface area contributed by atoms with Gasteiger partial charge in [-0.05, 0) is 42.2 Å². The largest absolute Gasteiger partial charge is 0.454 e. The lowest BCUT2D eigenvalue weighted by molar-refractivity contribution is -0.136. The number of carbonyl (C=O) groups is 2. The van der Waals surface area contributed by atoms with Gasteiger partial charge in [-0.15, -0.1) is 11.8 Å². The van der Waals surface area contributed by atoms with Crippen molar-refractivity contribution in [2.45, 2.75) is 4.90 Å². The molecule has 0 aliphatic rings. The molecule has 0 N–H and O–H groups in total. The number of Topliss-reactive ketones (excluding diaryl/α,β-unsaturated/α-hetero) is 1. The fraction of sp³-hybridized carbons (Fsp3) is 0.111. The monoisotopic (exact) mass is 390 g/mol. The molecule has 0 fully saturated rings. The van der Waals surface area contributed by atoms with Crippen LogP contribution in [0.1, 0.15) is 15.9 Å². The van der Waals surface area contributed by atoms with Gasteiger partial charge >= 0.3 is 5.97 Å². The maximum absolute atomic E-state index is 11.9. The van der Waals surface area contributed by atoms with E-state index in [4.69, 9.17) is 4.74 Å². The lowest BCUT2D eigenvalue weighted by atomic mass is 10.1. The second kappa shape index (κ2) is 8.70. The Balaban J connectivity index is 1.85. The Hall–Kier alpha value is -1.85. The highest BCUT2D eigenvalue weighted by Crippen LogP contribution is 2.15. The zero-order valence-electron chi connectivity index (χ0n) is 12.5. The van der Waals surface area contributed by atoms with E-state index in [2.05, 4.69) is 15.9 Å². The van der Waals surface area contributed by atoms with Gasteiger partial charge in [0.15, 0.2) is 12.4 Å². The van der Waals surface area contributed by atoms with Gasteiger partial charge in [0.2, 0.25) is 0 Å². The number of esters is 1. The Morgan fingerprint density at radius 3 is 2.35 bits per heavy atom. The Labute approximate surface area is 147 Å². The average molecular weight is 391 g/mol. The van der Waals surface area contributed by atoms with Crippen molar-refractivity contribution in [1.82, 2.24) is 0 Å². The van der Waals surface area contributed by atoms with Gasteiger partial charge in [-0.3, -0.25) is 4.79 Å². The molecule has 0 aliphatic carbocycles. The summed E-state index contributed by atoms with van der Waals surface area (Å²) in [6.45, 7) is -0.268. The second-order valence-electron chi connectivity index (χ2n) is 4.64. The van der Waals surface area contributed by atoms with Crippen LogP contribution in [0.2, 0.25) is 0 Å². The SMILES string of the molecule is CSc1ccc(C=CC(=O)OCC(=O)c2ccc(Br)cc2)cc1. The van der Waals surface area contributed by atoms with Crippen molar-refractivity contribution < 1.29 is 14.3 Å². The highest BCUT2D eigenvalue weighted by atomic mass is 79.9. The number of ketones is 1. The molecule has 0 saturated carbocycles. The molecule has 2 aromatic carbocycles. The zero-order chi connectivity index (χ0) is 16.7. The molecular formula is C18H15BrO3S. The van der Waals surface area contributed by atoms with Crippen LogP contribution in [-0.4, -0.2) is 24.6 Å². The Morgan fingerprint density at radius 2 is 1.74 bits per heavy atom. The van der Waals surface area contributed by atoms with E-state index in [1.807, 2.05) is 30.5 Å². The molecule has 5 heteroatoms. The van der Waals surface area contributed by atoms with Crippen LogP contribution in [0.5, 0.6) is 0 Å². The van der Waals surface area contributed by atoms with Crippen molar-refractivity contribution in [2.75, 3.05) is 12.9 Å². The Morgan fingerprint density at radius 1 is 1.09 bits per heavy atom. The van der Waals surface area contributed by atoms with E-state index in [9.17, 15) is 9.59 Å². The van der Waals surface area contributed by atoms with Gasteiger partial charge in [0.05, 0.1) is 0 Å².